The van der Waals surface area contributed by atoms with E-state index < -0.39 is 0 Å². The van der Waals surface area contributed by atoms with Crippen molar-refractivity contribution in [3.05, 3.63) is 42.0 Å². The van der Waals surface area contributed by atoms with Crippen LogP contribution >= 0.6 is 0 Å². The van der Waals surface area contributed by atoms with Crippen LogP contribution in [0, 0.1) is 6.92 Å². The lowest BCUT2D eigenvalue weighted by Gasteiger charge is -2.36. The molecule has 0 bridgehead atoms. The second kappa shape index (κ2) is 9.11. The van der Waals surface area contributed by atoms with Crippen LogP contribution in [0.1, 0.15) is 37.7 Å². The van der Waals surface area contributed by atoms with Gasteiger partial charge in [0.1, 0.15) is 0 Å². The molecule has 2 heterocycles. The fraction of sp³-hybridized carbons (Fsp3) is 0.500. The van der Waals surface area contributed by atoms with E-state index in [2.05, 4.69) is 61.8 Å². The van der Waals surface area contributed by atoms with Crippen LogP contribution in [0.3, 0.4) is 0 Å². The Bertz CT molecular complexity index is 810. The first-order valence-corrected chi connectivity index (χ1v) is 10.7. The minimum Gasteiger partial charge on any atom is -0.368 e. The number of carbonyl (C=O) groups excluding carboxylic acids is 1. The number of piperazine rings is 1. The van der Waals surface area contributed by atoms with Crippen molar-refractivity contribution in [3.8, 4) is 0 Å². The Hall–Kier alpha value is -2.83. The third kappa shape index (κ3) is 5.16. The van der Waals surface area contributed by atoms with Crippen LogP contribution in [0.15, 0.2) is 36.4 Å². The number of urea groups is 1. The van der Waals surface area contributed by atoms with Crippen molar-refractivity contribution in [3.63, 3.8) is 0 Å². The smallest absolute Gasteiger partial charge is 0.320 e. The highest BCUT2D eigenvalue weighted by Gasteiger charge is 2.19. The molecule has 1 saturated heterocycles. The number of hydrogen-bond donors (Lipinski definition) is 2. The van der Waals surface area contributed by atoms with Crippen LogP contribution in [-0.2, 0) is 0 Å². The van der Waals surface area contributed by atoms with E-state index in [4.69, 9.17) is 0 Å². The Kier molecular flexibility index (Phi) is 6.12. The van der Waals surface area contributed by atoms with Crippen LogP contribution in [0.4, 0.5) is 22.1 Å². The molecule has 4 rings (SSSR count). The van der Waals surface area contributed by atoms with Crippen LogP contribution in [0.5, 0.6) is 0 Å². The summed E-state index contributed by atoms with van der Waals surface area (Å²) in [6.45, 7) is 5.83. The van der Waals surface area contributed by atoms with Crippen LogP contribution < -0.4 is 20.4 Å². The molecule has 0 spiro atoms. The molecule has 2 aliphatic rings. The van der Waals surface area contributed by atoms with Gasteiger partial charge < -0.3 is 15.1 Å². The van der Waals surface area contributed by atoms with Gasteiger partial charge in [-0.2, -0.15) is 0 Å². The molecule has 1 aromatic carbocycles. The quantitative estimate of drug-likeness (QED) is 0.829. The molecule has 2 amide bonds. The molecule has 29 heavy (non-hydrogen) atoms. The number of amides is 2. The molecule has 2 aromatic rings. The van der Waals surface area contributed by atoms with Crippen molar-refractivity contribution in [2.24, 2.45) is 0 Å². The van der Waals surface area contributed by atoms with Crippen LogP contribution in [0.2, 0.25) is 0 Å². The average molecular weight is 395 g/mol. The van der Waals surface area contributed by atoms with Gasteiger partial charge >= 0.3 is 6.03 Å². The van der Waals surface area contributed by atoms with Crippen molar-refractivity contribution in [2.45, 2.75) is 45.1 Å². The van der Waals surface area contributed by atoms with Crippen molar-refractivity contribution >= 4 is 23.4 Å². The highest BCUT2D eigenvalue weighted by atomic mass is 16.2. The number of rotatable bonds is 4. The monoisotopic (exact) mass is 394 g/mol. The molecule has 1 aliphatic carbocycles. The summed E-state index contributed by atoms with van der Waals surface area (Å²) in [6, 6.07) is 12.5. The summed E-state index contributed by atoms with van der Waals surface area (Å²) < 4.78 is 0. The topological polar surface area (TPSA) is 73.4 Å². The van der Waals surface area contributed by atoms with E-state index >= 15 is 0 Å². The van der Waals surface area contributed by atoms with Crippen LogP contribution in [0.25, 0.3) is 0 Å². The molecule has 7 nitrogen and oxygen atoms in total. The summed E-state index contributed by atoms with van der Waals surface area (Å²) in [4.78, 5) is 16.8. The molecular formula is C22H30N6O. The zero-order valence-electron chi connectivity index (χ0n) is 17.1. The lowest BCUT2D eigenvalue weighted by Crippen LogP contribution is -2.47. The maximum Gasteiger partial charge on any atom is 0.320 e. The number of aryl methyl sites for hydroxylation is 1. The Morgan fingerprint density at radius 2 is 1.72 bits per heavy atom. The number of anilines is 3. The Morgan fingerprint density at radius 1 is 0.966 bits per heavy atom. The standard InChI is InChI=1S/C22H30N6O/c1-17-6-5-9-19(16-17)27-12-14-28(15-13-27)21-11-10-20(25-26-21)24-22(29)23-18-7-3-2-4-8-18/h5-6,9-11,16,18H,2-4,7-8,12-15H2,1H3,(H2,23,24,25,29). The molecule has 7 heteroatoms. The van der Waals surface area contributed by atoms with Crippen LogP contribution in [-0.4, -0.2) is 48.4 Å². The maximum absolute atomic E-state index is 12.2. The number of hydrogen-bond acceptors (Lipinski definition) is 5. The summed E-state index contributed by atoms with van der Waals surface area (Å²) in [5.74, 6) is 1.34. The predicted molar refractivity (Wildman–Crippen MR) is 117 cm³/mol. The summed E-state index contributed by atoms with van der Waals surface area (Å²) >= 11 is 0. The summed E-state index contributed by atoms with van der Waals surface area (Å²) in [5.41, 5.74) is 2.56. The van der Waals surface area contributed by atoms with Gasteiger partial charge in [-0.05, 0) is 49.6 Å². The minimum absolute atomic E-state index is 0.189. The van der Waals surface area contributed by atoms with E-state index in [0.717, 1.165) is 44.8 Å². The molecule has 154 valence electrons. The van der Waals surface area contributed by atoms with E-state index in [1.54, 1.807) is 0 Å². The largest absolute Gasteiger partial charge is 0.368 e. The highest BCUT2D eigenvalue weighted by molar-refractivity contribution is 5.88. The Balaban J connectivity index is 1.27. The fourth-order valence-electron chi connectivity index (χ4n) is 4.16. The predicted octanol–water partition coefficient (Wildman–Crippen LogP) is 3.57. The third-order valence-corrected chi connectivity index (χ3v) is 5.80. The van der Waals surface area contributed by atoms with E-state index in [-0.39, 0.29) is 12.1 Å². The molecule has 0 radical (unpaired) electrons. The van der Waals surface area contributed by atoms with Gasteiger partial charge in [-0.3, -0.25) is 5.32 Å². The van der Waals surface area contributed by atoms with Gasteiger partial charge in [0, 0.05) is 37.9 Å². The lowest BCUT2D eigenvalue weighted by molar-refractivity contribution is 0.244. The van der Waals surface area contributed by atoms with E-state index in [1.807, 2.05) is 12.1 Å². The molecule has 1 saturated carbocycles. The first-order valence-electron chi connectivity index (χ1n) is 10.7. The SMILES string of the molecule is Cc1cccc(N2CCN(c3ccc(NC(=O)NC4CCCCC4)nn3)CC2)c1. The zero-order valence-corrected chi connectivity index (χ0v) is 17.1. The summed E-state index contributed by atoms with van der Waals surface area (Å²) in [6.07, 6.45) is 5.78. The summed E-state index contributed by atoms with van der Waals surface area (Å²) in [7, 11) is 0. The van der Waals surface area contributed by atoms with Gasteiger partial charge in [0.2, 0.25) is 0 Å². The fourth-order valence-corrected chi connectivity index (χ4v) is 4.16. The molecule has 2 fully saturated rings. The lowest BCUT2D eigenvalue weighted by atomic mass is 9.96. The molecule has 2 N–H and O–H groups in total. The number of nitrogens with zero attached hydrogens (tertiary/aromatic N) is 4. The second-order valence-corrected chi connectivity index (χ2v) is 8.02. The highest BCUT2D eigenvalue weighted by Crippen LogP contribution is 2.21. The molecule has 1 aromatic heterocycles. The Morgan fingerprint density at radius 3 is 2.41 bits per heavy atom. The molecule has 0 unspecified atom stereocenters. The maximum atomic E-state index is 12.2. The first-order chi connectivity index (χ1) is 14.2. The zero-order chi connectivity index (χ0) is 20.1. The van der Waals surface area contributed by atoms with E-state index in [0.29, 0.717) is 5.82 Å². The number of nitrogens with one attached hydrogen (secondary N) is 2. The number of aromatic nitrogens is 2. The molecular weight excluding hydrogens is 364 g/mol. The Labute approximate surface area is 172 Å². The number of carbonyl (C=O) groups is 1. The van der Waals surface area contributed by atoms with E-state index in [9.17, 15) is 4.79 Å². The van der Waals surface area contributed by atoms with Crippen molar-refractivity contribution < 1.29 is 4.79 Å². The van der Waals surface area contributed by atoms with Gasteiger partial charge in [-0.15, -0.1) is 10.2 Å². The van der Waals surface area contributed by atoms with Gasteiger partial charge in [0.05, 0.1) is 0 Å². The van der Waals surface area contributed by atoms with Gasteiger partial charge in [0.15, 0.2) is 11.6 Å². The summed E-state index contributed by atoms with van der Waals surface area (Å²) in [5, 5.41) is 14.4. The molecule has 1 aliphatic heterocycles. The van der Waals surface area contributed by atoms with Gasteiger partial charge in [-0.25, -0.2) is 4.79 Å². The minimum atomic E-state index is -0.189. The second-order valence-electron chi connectivity index (χ2n) is 8.02. The van der Waals surface area contributed by atoms with Crippen molar-refractivity contribution in [1.29, 1.82) is 0 Å². The van der Waals surface area contributed by atoms with Crippen molar-refractivity contribution in [1.82, 2.24) is 15.5 Å². The van der Waals surface area contributed by atoms with Gasteiger partial charge in [0.25, 0.3) is 0 Å². The first kappa shape index (κ1) is 19.5. The van der Waals surface area contributed by atoms with Gasteiger partial charge in [-0.1, -0.05) is 31.4 Å². The normalized spacial score (nSPS) is 17.8. The molecule has 0 atom stereocenters. The van der Waals surface area contributed by atoms with Crippen molar-refractivity contribution in [2.75, 3.05) is 41.3 Å². The number of benzene rings is 1. The third-order valence-electron chi connectivity index (χ3n) is 5.80. The average Bonchev–Trinajstić information content (AvgIpc) is 2.75. The van der Waals surface area contributed by atoms with E-state index in [1.165, 1.54) is 30.5 Å².